The number of hydrogen-bond acceptors (Lipinski definition) is 2. The molecule has 0 aromatic heterocycles. The Hall–Kier alpha value is -0.600. The number of piperazine rings is 1. The van der Waals surface area contributed by atoms with E-state index in [1.165, 1.54) is 38.2 Å². The lowest BCUT2D eigenvalue weighted by atomic mass is 9.98. The molecule has 1 saturated heterocycles. The third-order valence-electron chi connectivity index (χ3n) is 3.39. The second-order valence-corrected chi connectivity index (χ2v) is 4.93. The molecule has 1 heterocycles. The molecule has 0 radical (unpaired) electrons. The van der Waals surface area contributed by atoms with Gasteiger partial charge in [-0.15, -0.1) is 0 Å². The molecule has 0 saturated carbocycles. The maximum atomic E-state index is 2.56. The van der Waals surface area contributed by atoms with Crippen molar-refractivity contribution in [3.05, 3.63) is 23.8 Å². The molecule has 1 fully saturated rings. The summed E-state index contributed by atoms with van der Waals surface area (Å²) in [6.45, 7) is 8.30. The maximum Gasteiger partial charge on any atom is 0.0231 e. The first kappa shape index (κ1) is 10.9. The van der Waals surface area contributed by atoms with Gasteiger partial charge >= 0.3 is 0 Å². The molecule has 0 spiro atoms. The third-order valence-corrected chi connectivity index (χ3v) is 3.39. The number of nitrogens with zero attached hydrogens (tertiary/aromatic N) is 2. The Kier molecular flexibility index (Phi) is 3.60. The molecule has 2 nitrogen and oxygen atoms in total. The van der Waals surface area contributed by atoms with Crippen LogP contribution >= 0.6 is 0 Å². The molecule has 84 valence electrons. The van der Waals surface area contributed by atoms with Crippen LogP contribution < -0.4 is 0 Å². The highest BCUT2D eigenvalue weighted by molar-refractivity contribution is 5.24. The van der Waals surface area contributed by atoms with Crippen LogP contribution in [0.4, 0.5) is 0 Å². The smallest absolute Gasteiger partial charge is 0.0231 e. The van der Waals surface area contributed by atoms with Gasteiger partial charge < -0.3 is 4.90 Å². The van der Waals surface area contributed by atoms with Crippen molar-refractivity contribution >= 4 is 0 Å². The van der Waals surface area contributed by atoms with Crippen LogP contribution in [0, 0.1) is 5.92 Å². The third kappa shape index (κ3) is 3.18. The molecule has 0 amide bonds. The van der Waals surface area contributed by atoms with Gasteiger partial charge in [0.15, 0.2) is 0 Å². The molecule has 0 bridgehead atoms. The molecule has 2 rings (SSSR count). The van der Waals surface area contributed by atoms with Crippen molar-refractivity contribution in [2.75, 3.05) is 39.8 Å². The van der Waals surface area contributed by atoms with Gasteiger partial charge in [-0.2, -0.15) is 0 Å². The molecule has 2 aliphatic rings. The van der Waals surface area contributed by atoms with Crippen molar-refractivity contribution in [1.82, 2.24) is 9.80 Å². The van der Waals surface area contributed by atoms with Crippen LogP contribution in [0.25, 0.3) is 0 Å². The van der Waals surface area contributed by atoms with Gasteiger partial charge in [-0.1, -0.05) is 25.2 Å². The molecule has 0 aromatic carbocycles. The van der Waals surface area contributed by atoms with E-state index >= 15 is 0 Å². The molecule has 15 heavy (non-hydrogen) atoms. The topological polar surface area (TPSA) is 6.48 Å². The van der Waals surface area contributed by atoms with Crippen molar-refractivity contribution < 1.29 is 0 Å². The van der Waals surface area contributed by atoms with Gasteiger partial charge in [0.2, 0.25) is 0 Å². The van der Waals surface area contributed by atoms with Gasteiger partial charge in [-0.3, -0.25) is 4.90 Å². The van der Waals surface area contributed by atoms with E-state index in [-0.39, 0.29) is 0 Å². The Morgan fingerprint density at radius 1 is 1.27 bits per heavy atom. The first-order chi connectivity index (χ1) is 7.24. The molecule has 1 aliphatic heterocycles. The second-order valence-electron chi connectivity index (χ2n) is 4.93. The highest BCUT2D eigenvalue weighted by atomic mass is 15.2. The van der Waals surface area contributed by atoms with Gasteiger partial charge in [-0.25, -0.2) is 0 Å². The molecular formula is C13H22N2. The minimum absolute atomic E-state index is 0.737. The maximum absolute atomic E-state index is 2.56. The predicted octanol–water partition coefficient (Wildman–Crippen LogP) is 1.76. The van der Waals surface area contributed by atoms with E-state index in [0.717, 1.165) is 12.5 Å². The van der Waals surface area contributed by atoms with Crippen LogP contribution in [-0.2, 0) is 0 Å². The summed E-state index contributed by atoms with van der Waals surface area (Å²) in [5.74, 6) is 0.737. The Morgan fingerprint density at radius 3 is 2.60 bits per heavy atom. The summed E-state index contributed by atoms with van der Waals surface area (Å²) in [5.41, 5.74) is 1.51. The fourth-order valence-electron chi connectivity index (χ4n) is 2.15. The predicted molar refractivity (Wildman–Crippen MR) is 64.9 cm³/mol. The summed E-state index contributed by atoms with van der Waals surface area (Å²) in [4.78, 5) is 4.97. The van der Waals surface area contributed by atoms with Crippen LogP contribution in [0.1, 0.15) is 13.3 Å². The summed E-state index contributed by atoms with van der Waals surface area (Å²) >= 11 is 0. The highest BCUT2D eigenvalue weighted by Crippen LogP contribution is 2.16. The summed E-state index contributed by atoms with van der Waals surface area (Å²) in [7, 11) is 2.21. The zero-order valence-corrected chi connectivity index (χ0v) is 9.95. The lowest BCUT2D eigenvalue weighted by Crippen LogP contribution is -2.45. The summed E-state index contributed by atoms with van der Waals surface area (Å²) < 4.78 is 0. The average molecular weight is 206 g/mol. The van der Waals surface area contributed by atoms with Crippen molar-refractivity contribution in [2.24, 2.45) is 5.92 Å². The van der Waals surface area contributed by atoms with Crippen molar-refractivity contribution in [3.63, 3.8) is 0 Å². The minimum Gasteiger partial charge on any atom is -0.304 e. The zero-order valence-electron chi connectivity index (χ0n) is 9.95. The van der Waals surface area contributed by atoms with E-state index in [1.807, 2.05) is 0 Å². The normalized spacial score (nSPS) is 29.2. The fraction of sp³-hybridized carbons (Fsp3) is 0.692. The second kappa shape index (κ2) is 4.95. The Balaban J connectivity index is 1.80. The highest BCUT2D eigenvalue weighted by Gasteiger charge is 2.14. The lowest BCUT2D eigenvalue weighted by molar-refractivity contribution is 0.164. The Bertz CT molecular complexity index is 260. The number of allylic oxidation sites excluding steroid dienone is 2. The van der Waals surface area contributed by atoms with Crippen molar-refractivity contribution in [1.29, 1.82) is 0 Å². The molecule has 2 heteroatoms. The van der Waals surface area contributed by atoms with Gasteiger partial charge in [0.25, 0.3) is 0 Å². The van der Waals surface area contributed by atoms with E-state index in [2.05, 4.69) is 42.0 Å². The molecule has 1 atom stereocenters. The van der Waals surface area contributed by atoms with Gasteiger partial charge in [0, 0.05) is 32.7 Å². The van der Waals surface area contributed by atoms with Crippen molar-refractivity contribution in [2.45, 2.75) is 13.3 Å². The number of rotatable bonds is 2. The Labute approximate surface area is 93.2 Å². The first-order valence-electron chi connectivity index (χ1n) is 6.02. The summed E-state index contributed by atoms with van der Waals surface area (Å²) in [6, 6.07) is 0. The van der Waals surface area contributed by atoms with Gasteiger partial charge in [0.1, 0.15) is 0 Å². The van der Waals surface area contributed by atoms with Gasteiger partial charge in [-0.05, 0) is 25.0 Å². The van der Waals surface area contributed by atoms with E-state index in [4.69, 9.17) is 0 Å². The van der Waals surface area contributed by atoms with Crippen LogP contribution in [-0.4, -0.2) is 49.6 Å². The summed E-state index contributed by atoms with van der Waals surface area (Å²) in [5, 5.41) is 0. The van der Waals surface area contributed by atoms with E-state index in [1.54, 1.807) is 0 Å². The minimum atomic E-state index is 0.737. The van der Waals surface area contributed by atoms with Crippen LogP contribution in [0.3, 0.4) is 0 Å². The average Bonchev–Trinajstić information content (AvgIpc) is 2.25. The molecule has 1 unspecified atom stereocenters. The molecule has 1 aliphatic carbocycles. The largest absolute Gasteiger partial charge is 0.304 e. The fourth-order valence-corrected chi connectivity index (χ4v) is 2.15. The van der Waals surface area contributed by atoms with Crippen LogP contribution in [0.2, 0.25) is 0 Å². The molecule has 0 N–H and O–H groups in total. The van der Waals surface area contributed by atoms with E-state index in [0.29, 0.717) is 0 Å². The molecule has 0 aromatic rings. The number of likely N-dealkylation sites (N-methyl/N-ethyl adjacent to an activating group) is 1. The monoisotopic (exact) mass is 206 g/mol. The zero-order chi connectivity index (χ0) is 10.7. The standard InChI is InChI=1S/C13H22N2/c1-12-3-5-13(6-4-12)11-15-9-7-14(2)8-10-15/h3,5-6,12H,4,7-11H2,1-2H3. The summed E-state index contributed by atoms with van der Waals surface area (Å²) in [6.07, 6.45) is 8.28. The first-order valence-corrected chi connectivity index (χ1v) is 6.02. The number of hydrogen-bond donors (Lipinski definition) is 0. The van der Waals surface area contributed by atoms with Crippen LogP contribution in [0.5, 0.6) is 0 Å². The van der Waals surface area contributed by atoms with E-state index < -0.39 is 0 Å². The quantitative estimate of drug-likeness (QED) is 0.679. The van der Waals surface area contributed by atoms with Crippen molar-refractivity contribution in [3.8, 4) is 0 Å². The Morgan fingerprint density at radius 2 is 2.00 bits per heavy atom. The van der Waals surface area contributed by atoms with E-state index in [9.17, 15) is 0 Å². The lowest BCUT2D eigenvalue weighted by Gasteiger charge is -2.33. The van der Waals surface area contributed by atoms with Gasteiger partial charge in [0.05, 0.1) is 0 Å². The molecular weight excluding hydrogens is 184 g/mol. The SMILES string of the molecule is CC1C=CC(CN2CCN(C)CC2)=CC1. The van der Waals surface area contributed by atoms with Crippen LogP contribution in [0.15, 0.2) is 23.8 Å².